The fraction of sp³-hybridized carbons (Fsp3) is 0.467. The van der Waals surface area contributed by atoms with Gasteiger partial charge in [0.25, 0.3) is 0 Å². The van der Waals surface area contributed by atoms with Crippen LogP contribution in [0, 0.1) is 11.3 Å². The van der Waals surface area contributed by atoms with Gasteiger partial charge in [0.15, 0.2) is 0 Å². The largest absolute Gasteiger partial charge is 0.311 e. The fourth-order valence-corrected chi connectivity index (χ4v) is 2.86. The second kappa shape index (κ2) is 4.46. The highest BCUT2D eigenvalue weighted by Crippen LogP contribution is 2.57. The zero-order chi connectivity index (χ0) is 13.5. The van der Waals surface area contributed by atoms with Crippen molar-refractivity contribution in [2.75, 3.05) is 7.05 Å². The molecule has 2 atom stereocenters. The van der Waals surface area contributed by atoms with Gasteiger partial charge >= 0.3 is 0 Å². The minimum atomic E-state index is 0.310. The van der Waals surface area contributed by atoms with Crippen molar-refractivity contribution in [3.8, 4) is 5.69 Å². The average molecular weight is 256 g/mol. The van der Waals surface area contributed by atoms with Gasteiger partial charge in [0.1, 0.15) is 0 Å². The number of benzene rings is 1. The van der Waals surface area contributed by atoms with E-state index in [0.29, 0.717) is 17.4 Å². The molecule has 0 radical (unpaired) electrons. The predicted octanol–water partition coefficient (Wildman–Crippen LogP) is 2.57. The van der Waals surface area contributed by atoms with Crippen molar-refractivity contribution in [2.45, 2.75) is 26.3 Å². The molecule has 1 saturated carbocycles. The SMILES string of the molecule is CNC(c1cnnn1-c1ccccc1)C1CC1(C)C. The third kappa shape index (κ3) is 2.16. The maximum atomic E-state index is 4.24. The summed E-state index contributed by atoms with van der Waals surface area (Å²) in [6, 6.07) is 10.5. The Morgan fingerprint density at radius 2 is 2.00 bits per heavy atom. The van der Waals surface area contributed by atoms with E-state index in [2.05, 4.69) is 41.6 Å². The van der Waals surface area contributed by atoms with E-state index < -0.39 is 0 Å². The third-order valence-corrected chi connectivity index (χ3v) is 4.20. The molecule has 2 unspecified atom stereocenters. The van der Waals surface area contributed by atoms with E-state index in [1.807, 2.05) is 36.1 Å². The highest BCUT2D eigenvalue weighted by molar-refractivity contribution is 5.32. The van der Waals surface area contributed by atoms with Gasteiger partial charge in [0.2, 0.25) is 0 Å². The van der Waals surface area contributed by atoms with Gasteiger partial charge in [-0.2, -0.15) is 0 Å². The molecular weight excluding hydrogens is 236 g/mol. The van der Waals surface area contributed by atoms with Gasteiger partial charge in [-0.1, -0.05) is 37.3 Å². The average Bonchev–Trinajstić information content (AvgIpc) is 2.85. The molecule has 1 aromatic heterocycles. The molecule has 19 heavy (non-hydrogen) atoms. The van der Waals surface area contributed by atoms with Crippen LogP contribution in [0.4, 0.5) is 0 Å². The van der Waals surface area contributed by atoms with E-state index in [1.165, 1.54) is 6.42 Å². The van der Waals surface area contributed by atoms with Crippen LogP contribution in [-0.4, -0.2) is 22.0 Å². The standard InChI is InChI=1S/C15H20N4/c1-15(2)9-12(15)14(16-3)13-10-17-18-19(13)11-7-5-4-6-8-11/h4-8,10,12,14,16H,9H2,1-3H3. The zero-order valence-corrected chi connectivity index (χ0v) is 11.7. The Morgan fingerprint density at radius 3 is 2.58 bits per heavy atom. The number of para-hydroxylation sites is 1. The van der Waals surface area contributed by atoms with Crippen molar-refractivity contribution >= 4 is 0 Å². The number of nitrogens with one attached hydrogen (secondary N) is 1. The van der Waals surface area contributed by atoms with Crippen LogP contribution in [0.15, 0.2) is 36.5 Å². The summed E-state index contributed by atoms with van der Waals surface area (Å²) in [5, 5.41) is 11.8. The first-order chi connectivity index (χ1) is 9.13. The monoisotopic (exact) mass is 256 g/mol. The summed E-state index contributed by atoms with van der Waals surface area (Å²) in [6.45, 7) is 4.64. The Balaban J connectivity index is 1.96. The van der Waals surface area contributed by atoms with Crippen LogP contribution in [0.3, 0.4) is 0 Å². The zero-order valence-electron chi connectivity index (χ0n) is 11.7. The molecule has 2 aromatic rings. The Labute approximate surface area is 113 Å². The quantitative estimate of drug-likeness (QED) is 0.914. The second-order valence-electron chi connectivity index (χ2n) is 5.97. The number of hydrogen-bond acceptors (Lipinski definition) is 3. The summed E-state index contributed by atoms with van der Waals surface area (Å²) >= 11 is 0. The van der Waals surface area contributed by atoms with Crippen molar-refractivity contribution in [2.24, 2.45) is 11.3 Å². The van der Waals surface area contributed by atoms with Crippen molar-refractivity contribution in [3.05, 3.63) is 42.2 Å². The summed E-state index contributed by atoms with van der Waals surface area (Å²) in [5.41, 5.74) is 2.62. The molecule has 100 valence electrons. The lowest BCUT2D eigenvalue weighted by atomic mass is 10.0. The third-order valence-electron chi connectivity index (χ3n) is 4.20. The van der Waals surface area contributed by atoms with Gasteiger partial charge in [-0.15, -0.1) is 5.10 Å². The first-order valence-corrected chi connectivity index (χ1v) is 6.77. The molecule has 0 amide bonds. The molecule has 3 rings (SSSR count). The molecular formula is C15H20N4. The Bertz CT molecular complexity index is 559. The summed E-state index contributed by atoms with van der Waals surface area (Å²) in [5.74, 6) is 0.651. The molecule has 4 heteroatoms. The van der Waals surface area contributed by atoms with Gasteiger partial charge < -0.3 is 5.32 Å². The van der Waals surface area contributed by atoms with Crippen molar-refractivity contribution in [1.29, 1.82) is 0 Å². The summed E-state index contributed by atoms with van der Waals surface area (Å²) in [4.78, 5) is 0. The highest BCUT2D eigenvalue weighted by Gasteiger charge is 2.51. The second-order valence-corrected chi connectivity index (χ2v) is 5.97. The molecule has 0 spiro atoms. The number of hydrogen-bond donors (Lipinski definition) is 1. The van der Waals surface area contributed by atoms with E-state index in [1.54, 1.807) is 0 Å². The predicted molar refractivity (Wildman–Crippen MR) is 75.0 cm³/mol. The Hall–Kier alpha value is -1.68. The maximum Gasteiger partial charge on any atom is 0.0818 e. The normalized spacial score (nSPS) is 22.2. The molecule has 4 nitrogen and oxygen atoms in total. The molecule has 1 aliphatic carbocycles. The molecule has 0 saturated heterocycles. The molecule has 0 aliphatic heterocycles. The lowest BCUT2D eigenvalue weighted by Crippen LogP contribution is -2.23. The highest BCUT2D eigenvalue weighted by atomic mass is 15.4. The van der Waals surface area contributed by atoms with Crippen LogP contribution in [0.5, 0.6) is 0 Å². The van der Waals surface area contributed by atoms with Gasteiger partial charge in [-0.25, -0.2) is 4.68 Å². The van der Waals surface area contributed by atoms with Crippen LogP contribution in [-0.2, 0) is 0 Å². The van der Waals surface area contributed by atoms with E-state index in [9.17, 15) is 0 Å². The van der Waals surface area contributed by atoms with E-state index in [-0.39, 0.29) is 0 Å². The number of aromatic nitrogens is 3. The first kappa shape index (κ1) is 12.4. The van der Waals surface area contributed by atoms with Crippen LogP contribution >= 0.6 is 0 Å². The summed E-state index contributed by atoms with van der Waals surface area (Å²) in [6.07, 6.45) is 3.13. The topological polar surface area (TPSA) is 42.7 Å². The molecule has 1 aliphatic rings. The van der Waals surface area contributed by atoms with E-state index in [0.717, 1.165) is 11.4 Å². The van der Waals surface area contributed by atoms with Crippen molar-refractivity contribution in [1.82, 2.24) is 20.3 Å². The van der Waals surface area contributed by atoms with Crippen LogP contribution in [0.1, 0.15) is 32.0 Å². The number of nitrogens with zero attached hydrogens (tertiary/aromatic N) is 3. The van der Waals surface area contributed by atoms with Crippen molar-refractivity contribution in [3.63, 3.8) is 0 Å². The van der Waals surface area contributed by atoms with Crippen molar-refractivity contribution < 1.29 is 0 Å². The molecule has 1 aromatic carbocycles. The smallest absolute Gasteiger partial charge is 0.0818 e. The lowest BCUT2D eigenvalue weighted by Gasteiger charge is -2.18. The molecule has 1 N–H and O–H groups in total. The Kier molecular flexibility index (Phi) is 2.90. The fourth-order valence-electron chi connectivity index (χ4n) is 2.86. The van der Waals surface area contributed by atoms with Gasteiger partial charge in [-0.05, 0) is 36.9 Å². The van der Waals surface area contributed by atoms with E-state index >= 15 is 0 Å². The summed E-state index contributed by atoms with van der Waals surface area (Å²) < 4.78 is 1.94. The van der Waals surface area contributed by atoms with Crippen LogP contribution in [0.2, 0.25) is 0 Å². The van der Waals surface area contributed by atoms with Gasteiger partial charge in [0, 0.05) is 0 Å². The molecule has 0 bridgehead atoms. The minimum Gasteiger partial charge on any atom is -0.311 e. The minimum absolute atomic E-state index is 0.310. The van der Waals surface area contributed by atoms with E-state index in [4.69, 9.17) is 0 Å². The molecule has 1 heterocycles. The lowest BCUT2D eigenvalue weighted by molar-refractivity contribution is 0.425. The first-order valence-electron chi connectivity index (χ1n) is 6.77. The van der Waals surface area contributed by atoms with Crippen LogP contribution in [0.25, 0.3) is 5.69 Å². The van der Waals surface area contributed by atoms with Gasteiger partial charge in [0.05, 0.1) is 23.6 Å². The molecule has 1 fully saturated rings. The maximum absolute atomic E-state index is 4.24. The van der Waals surface area contributed by atoms with Crippen LogP contribution < -0.4 is 5.32 Å². The van der Waals surface area contributed by atoms with Gasteiger partial charge in [-0.3, -0.25) is 0 Å². The number of rotatable bonds is 4. The Morgan fingerprint density at radius 1 is 1.32 bits per heavy atom. The summed E-state index contributed by atoms with van der Waals surface area (Å²) in [7, 11) is 2.02.